The van der Waals surface area contributed by atoms with Gasteiger partial charge in [-0.25, -0.2) is 0 Å². The van der Waals surface area contributed by atoms with Gasteiger partial charge in [-0.1, -0.05) is 0 Å². The molecule has 0 saturated heterocycles. The third-order valence-electron chi connectivity index (χ3n) is 0. The normalized spacial score (nSPS) is 0. The summed E-state index contributed by atoms with van der Waals surface area (Å²) in [6, 6.07) is 0. The van der Waals surface area contributed by atoms with Gasteiger partial charge in [0.25, 0.3) is 0 Å². The van der Waals surface area contributed by atoms with Gasteiger partial charge in [-0.3, -0.25) is 0 Å². The summed E-state index contributed by atoms with van der Waals surface area (Å²) in [6.07, 6.45) is 0. The predicted octanol–water partition coefficient (Wildman–Crippen LogP) is -1.95. The van der Waals surface area contributed by atoms with Crippen LogP contribution in [-0.2, 0) is 16.8 Å². The monoisotopic (exact) mass is 131 g/mol. The average molecular weight is 131 g/mol. The van der Waals surface area contributed by atoms with Crippen molar-refractivity contribution in [2.75, 3.05) is 0 Å². The first-order chi connectivity index (χ1) is 0. The van der Waals surface area contributed by atoms with E-state index in [1.807, 2.05) is 0 Å². The van der Waals surface area contributed by atoms with Crippen molar-refractivity contribution < 1.29 is 16.8 Å². The molecule has 0 bridgehead atoms. The topological polar surface area (TPSA) is 0 Å². The van der Waals surface area contributed by atoms with Crippen molar-refractivity contribution in [3.05, 3.63) is 0 Å². The molecule has 0 spiro atoms. The molecule has 4 heavy (non-hydrogen) atoms. The first-order valence-corrected chi connectivity index (χ1v) is 0. The van der Waals surface area contributed by atoms with Crippen molar-refractivity contribution in [3.63, 3.8) is 0 Å². The van der Waals surface area contributed by atoms with Crippen LogP contribution in [0.5, 0.6) is 0 Å². The molecule has 0 fully saturated rings. The van der Waals surface area contributed by atoms with Gasteiger partial charge in [0.05, 0.1) is 0 Å². The first kappa shape index (κ1) is 25.8. The van der Waals surface area contributed by atoms with Crippen LogP contribution in [0, 0.1) is 0 Å². The van der Waals surface area contributed by atoms with E-state index in [0.717, 1.165) is 0 Å². The van der Waals surface area contributed by atoms with Gasteiger partial charge in [0, 0.05) is 16.8 Å². The summed E-state index contributed by atoms with van der Waals surface area (Å²) in [5, 5.41) is 0. The van der Waals surface area contributed by atoms with Crippen LogP contribution in [0.2, 0.25) is 0 Å². The molecule has 0 aromatic heterocycles. The second-order valence-corrected chi connectivity index (χ2v) is 0. The molecule has 0 aliphatic rings. The molecular weight excluding hydrogens is 128 g/mol. The Morgan fingerprint density at radius 3 is 0.500 bits per heavy atom. The number of hydrogen-bond acceptors (Lipinski definition) is 0. The molecule has 0 saturated carbocycles. The molecule has 0 amide bonds. The average Bonchev–Trinajstić information content (AvgIpc) is 0. The molecule has 4 heteroatoms. The van der Waals surface area contributed by atoms with Crippen LogP contribution < -0.4 is 0 Å². The van der Waals surface area contributed by atoms with Gasteiger partial charge < -0.3 is 0 Å². The third kappa shape index (κ3) is 9.10. The van der Waals surface area contributed by atoms with Gasteiger partial charge in [-0.05, 0) is 0 Å². The zero-order valence-corrected chi connectivity index (χ0v) is 1.37. The molecule has 1 radical (unpaired) electrons. The standard InChI is InChI=1S/Co.3Na.3H. The fraction of sp³-hybridized carbons (Fsp3) is 0. The molecule has 0 heterocycles. The van der Waals surface area contributed by atoms with Crippen LogP contribution >= 0.6 is 0 Å². The predicted molar refractivity (Wildman–Crippen MR) is 21.4 cm³/mol. The van der Waals surface area contributed by atoms with Crippen molar-refractivity contribution in [2.45, 2.75) is 0 Å². The van der Waals surface area contributed by atoms with E-state index in [4.69, 9.17) is 0 Å². The first-order valence-electron chi connectivity index (χ1n) is 0. The maximum absolute atomic E-state index is 0. The van der Waals surface area contributed by atoms with E-state index in [1.54, 1.807) is 0 Å². The molecule has 0 N–H and O–H groups in total. The molecule has 15 valence electrons. The molecule has 0 aromatic carbocycles. The quantitative estimate of drug-likeness (QED) is 0.335. The summed E-state index contributed by atoms with van der Waals surface area (Å²) in [5.74, 6) is 0. The Bertz CT molecular complexity index is 3.25. The Labute approximate surface area is 103 Å². The van der Waals surface area contributed by atoms with Crippen molar-refractivity contribution in [1.82, 2.24) is 0 Å². The molecule has 0 nitrogen and oxygen atoms in total. The van der Waals surface area contributed by atoms with Crippen LogP contribution in [0.15, 0.2) is 0 Å². The maximum atomic E-state index is 0. The number of rotatable bonds is 0. The molecule has 0 rings (SSSR count). The van der Waals surface area contributed by atoms with Crippen LogP contribution in [0.3, 0.4) is 0 Å². The summed E-state index contributed by atoms with van der Waals surface area (Å²) in [4.78, 5) is 0. The van der Waals surface area contributed by atoms with E-state index in [-0.39, 0.29) is 105 Å². The van der Waals surface area contributed by atoms with Crippen LogP contribution in [0.1, 0.15) is 0 Å². The van der Waals surface area contributed by atoms with Gasteiger partial charge in [0.2, 0.25) is 0 Å². The number of hydrogen-bond donors (Lipinski definition) is 0. The summed E-state index contributed by atoms with van der Waals surface area (Å²) < 4.78 is 0. The Kier molecular flexibility index (Phi) is 104. The van der Waals surface area contributed by atoms with Gasteiger partial charge in [-0.15, -0.1) is 0 Å². The van der Waals surface area contributed by atoms with Crippen LogP contribution in [-0.4, -0.2) is 88.7 Å². The van der Waals surface area contributed by atoms with Crippen molar-refractivity contribution in [3.8, 4) is 0 Å². The van der Waals surface area contributed by atoms with Crippen molar-refractivity contribution in [2.24, 2.45) is 0 Å². The van der Waals surface area contributed by atoms with Gasteiger partial charge >= 0.3 is 88.7 Å². The Morgan fingerprint density at radius 2 is 0.500 bits per heavy atom. The van der Waals surface area contributed by atoms with Gasteiger partial charge in [0.1, 0.15) is 0 Å². The molecule has 0 aliphatic carbocycles. The third-order valence-corrected chi connectivity index (χ3v) is 0. The Balaban J connectivity index is 0. The van der Waals surface area contributed by atoms with Gasteiger partial charge in [-0.2, -0.15) is 0 Å². The second kappa shape index (κ2) is 16.0. The van der Waals surface area contributed by atoms with Crippen LogP contribution in [0.25, 0.3) is 0 Å². The van der Waals surface area contributed by atoms with Crippen molar-refractivity contribution in [1.29, 1.82) is 0 Å². The minimum atomic E-state index is 0. The Morgan fingerprint density at radius 1 is 0.500 bits per heavy atom. The summed E-state index contributed by atoms with van der Waals surface area (Å²) in [5.41, 5.74) is 0. The molecule has 0 unspecified atom stereocenters. The SMILES string of the molecule is [Co].[NaH].[NaH].[NaH]. The van der Waals surface area contributed by atoms with E-state index >= 15 is 0 Å². The van der Waals surface area contributed by atoms with E-state index in [9.17, 15) is 0 Å². The van der Waals surface area contributed by atoms with E-state index in [2.05, 4.69) is 0 Å². The fourth-order valence-electron chi connectivity index (χ4n) is 0. The molecule has 0 aliphatic heterocycles. The van der Waals surface area contributed by atoms with Gasteiger partial charge in [0.15, 0.2) is 0 Å². The Hall–Kier alpha value is 3.51. The fourth-order valence-corrected chi connectivity index (χ4v) is 0. The van der Waals surface area contributed by atoms with E-state index in [0.29, 0.717) is 0 Å². The van der Waals surface area contributed by atoms with Crippen LogP contribution in [0.4, 0.5) is 0 Å². The molecule has 0 atom stereocenters. The van der Waals surface area contributed by atoms with Crippen molar-refractivity contribution >= 4 is 88.7 Å². The second-order valence-electron chi connectivity index (χ2n) is 0. The molecule has 0 aromatic rings. The summed E-state index contributed by atoms with van der Waals surface area (Å²) in [7, 11) is 0. The molecular formula is H3CoNa3. The minimum absolute atomic E-state index is 0. The summed E-state index contributed by atoms with van der Waals surface area (Å²) in [6.45, 7) is 0. The summed E-state index contributed by atoms with van der Waals surface area (Å²) >= 11 is 0. The zero-order chi connectivity index (χ0) is 0. The van der Waals surface area contributed by atoms with E-state index < -0.39 is 0 Å². The van der Waals surface area contributed by atoms with E-state index in [1.165, 1.54) is 0 Å². The zero-order valence-electron chi connectivity index (χ0n) is 0.333.